The lowest BCUT2D eigenvalue weighted by molar-refractivity contribution is 0.350. The molecule has 2 fully saturated rings. The predicted molar refractivity (Wildman–Crippen MR) is 278 cm³/mol. The molecule has 0 radical (unpaired) electrons. The zero-order valence-electron chi connectivity index (χ0n) is 38.0. The Morgan fingerprint density at radius 3 is 1.79 bits per heavy atom. The molecule has 0 amide bonds. The second kappa shape index (κ2) is 16.0. The van der Waals surface area contributed by atoms with Gasteiger partial charge in [0.25, 0.3) is 0 Å². The lowest BCUT2D eigenvalue weighted by Gasteiger charge is -2.37. The smallest absolute Gasteiger partial charge is 0.136 e. The average molecular weight is 867 g/mol. The Bertz CT molecular complexity index is 3450. The molecule has 1 aromatic heterocycles. The van der Waals surface area contributed by atoms with Crippen LogP contribution < -0.4 is 5.73 Å². The van der Waals surface area contributed by atoms with Crippen molar-refractivity contribution < 1.29 is 4.42 Å². The van der Waals surface area contributed by atoms with Gasteiger partial charge in [0.2, 0.25) is 0 Å². The van der Waals surface area contributed by atoms with Crippen LogP contribution >= 0.6 is 0 Å². The second-order valence-electron chi connectivity index (χ2n) is 19.8. The van der Waals surface area contributed by atoms with Gasteiger partial charge >= 0.3 is 0 Å². The lowest BCUT2D eigenvalue weighted by Crippen LogP contribution is -2.29. The fraction of sp³-hybridized carbons (Fsp3) is 0.203. The maximum atomic E-state index is 6.89. The van der Waals surface area contributed by atoms with E-state index in [1.807, 2.05) is 36.4 Å². The fourth-order valence-electron chi connectivity index (χ4n) is 12.8. The summed E-state index contributed by atoms with van der Waals surface area (Å²) >= 11 is 0. The van der Waals surface area contributed by atoms with Crippen molar-refractivity contribution in [2.45, 2.75) is 81.6 Å². The van der Waals surface area contributed by atoms with Crippen LogP contribution in [0.15, 0.2) is 191 Å². The van der Waals surface area contributed by atoms with Gasteiger partial charge in [0.05, 0.1) is 12.3 Å². The van der Waals surface area contributed by atoms with E-state index in [1.165, 1.54) is 109 Å². The van der Waals surface area contributed by atoms with Gasteiger partial charge in [-0.05, 0) is 152 Å². The maximum Gasteiger partial charge on any atom is 0.136 e. The highest BCUT2D eigenvalue weighted by atomic mass is 16.3. The molecule has 0 aliphatic heterocycles. The standard InChI is InChI=1S/C64H54N2O/c65-59(48-28-30-52-51-20-7-9-22-61(51)67-62(52)37-48)40-60(66-41-42-15-4-1-5-16-42)44-25-23-43(24-26-44)45-17-14-18-46(35-45)47-27-29-50-54-39-57-53(38-58(54)64(56(50)36-47)33-12-3-13-34-64)49-19-6-8-21-55(49)63(57)31-10-2-11-32-63/h1,4-9,14-30,35-40H,2-3,10-13,31-34,41,65H2/b59-40-,66-60?. The molecular weight excluding hydrogens is 813 g/mol. The quantitative estimate of drug-likeness (QED) is 0.162. The summed E-state index contributed by atoms with van der Waals surface area (Å²) in [6, 6.07) is 64.9. The first-order valence-corrected chi connectivity index (χ1v) is 24.7. The van der Waals surface area contributed by atoms with Crippen LogP contribution in [0.4, 0.5) is 0 Å². The van der Waals surface area contributed by atoms with E-state index in [0.29, 0.717) is 12.2 Å². The van der Waals surface area contributed by atoms with Crippen molar-refractivity contribution in [1.82, 2.24) is 0 Å². The van der Waals surface area contributed by atoms with E-state index in [9.17, 15) is 0 Å². The van der Waals surface area contributed by atoms with Gasteiger partial charge in [0.1, 0.15) is 11.2 Å². The number of para-hydroxylation sites is 1. The Hall–Kier alpha value is -7.23. The van der Waals surface area contributed by atoms with E-state index in [1.54, 1.807) is 22.3 Å². The van der Waals surface area contributed by atoms with E-state index < -0.39 is 0 Å². The highest BCUT2D eigenvalue weighted by Crippen LogP contribution is 2.62. The summed E-state index contributed by atoms with van der Waals surface area (Å²) in [6.45, 7) is 0.552. The lowest BCUT2D eigenvalue weighted by atomic mass is 9.66. The monoisotopic (exact) mass is 866 g/mol. The SMILES string of the molecule is N/C(=C\C(=NCc1ccccc1)c1ccc(-c2cccc(-c3ccc4c(c3)C3(CCCCC3)c3cc5c(cc3-4)C3(CCCCC3)c3ccccc3-5)c2)cc1)c1ccc2c(c1)oc1ccccc12. The molecule has 2 saturated carbocycles. The van der Waals surface area contributed by atoms with Crippen molar-refractivity contribution >= 4 is 33.3 Å². The number of nitrogens with zero attached hydrogens (tertiary/aromatic N) is 1. The van der Waals surface area contributed by atoms with Crippen LogP contribution in [-0.4, -0.2) is 5.71 Å². The third kappa shape index (κ3) is 6.57. The molecule has 2 N–H and O–H groups in total. The highest BCUT2D eigenvalue weighted by Gasteiger charge is 2.49. The van der Waals surface area contributed by atoms with Crippen molar-refractivity contribution in [3.05, 3.63) is 221 Å². The highest BCUT2D eigenvalue weighted by molar-refractivity contribution is 6.13. The number of hydrogen-bond donors (Lipinski definition) is 1. The molecule has 2 spiro atoms. The van der Waals surface area contributed by atoms with Crippen LogP contribution in [0.1, 0.15) is 103 Å². The van der Waals surface area contributed by atoms with Crippen LogP contribution in [0, 0.1) is 0 Å². The number of rotatable bonds is 7. The molecule has 1 heterocycles. The Labute approximate surface area is 393 Å². The second-order valence-corrected chi connectivity index (χ2v) is 19.8. The summed E-state index contributed by atoms with van der Waals surface area (Å²) in [5.74, 6) is 0. The van der Waals surface area contributed by atoms with Gasteiger partial charge in [-0.2, -0.15) is 0 Å². The van der Waals surface area contributed by atoms with Crippen molar-refractivity contribution in [2.75, 3.05) is 0 Å². The van der Waals surface area contributed by atoms with Crippen molar-refractivity contribution in [3.63, 3.8) is 0 Å². The number of nitrogens with two attached hydrogens (primary N) is 1. The molecule has 4 aliphatic rings. The summed E-state index contributed by atoms with van der Waals surface area (Å²) in [5, 5.41) is 2.19. The summed E-state index contributed by atoms with van der Waals surface area (Å²) in [7, 11) is 0. The van der Waals surface area contributed by atoms with Crippen LogP contribution in [0.2, 0.25) is 0 Å². The minimum atomic E-state index is 0.0659. The number of furan rings is 1. The molecule has 326 valence electrons. The van der Waals surface area contributed by atoms with E-state index in [4.69, 9.17) is 15.1 Å². The zero-order valence-corrected chi connectivity index (χ0v) is 38.0. The third-order valence-electron chi connectivity index (χ3n) is 16.2. The Kier molecular flexibility index (Phi) is 9.56. The van der Waals surface area contributed by atoms with Gasteiger partial charge in [-0.15, -0.1) is 0 Å². The first-order valence-electron chi connectivity index (χ1n) is 24.7. The Balaban J connectivity index is 0.834. The fourth-order valence-corrected chi connectivity index (χ4v) is 12.8. The molecule has 0 atom stereocenters. The van der Waals surface area contributed by atoms with Gasteiger partial charge in [0.15, 0.2) is 0 Å². The molecule has 13 rings (SSSR count). The van der Waals surface area contributed by atoms with E-state index in [-0.39, 0.29) is 10.8 Å². The first-order chi connectivity index (χ1) is 33.0. The van der Waals surface area contributed by atoms with Crippen LogP contribution in [0.3, 0.4) is 0 Å². The zero-order chi connectivity index (χ0) is 44.5. The number of hydrogen-bond acceptors (Lipinski definition) is 3. The molecule has 3 heteroatoms. The van der Waals surface area contributed by atoms with Crippen molar-refractivity contribution in [1.29, 1.82) is 0 Å². The number of fused-ring (bicyclic) bond motifs is 13. The summed E-state index contributed by atoms with van der Waals surface area (Å²) in [6.07, 6.45) is 14.9. The number of benzene rings is 8. The summed E-state index contributed by atoms with van der Waals surface area (Å²) < 4.78 is 6.22. The largest absolute Gasteiger partial charge is 0.456 e. The number of allylic oxidation sites excluding steroid dienone is 1. The topological polar surface area (TPSA) is 51.5 Å². The van der Waals surface area contributed by atoms with Gasteiger partial charge < -0.3 is 10.2 Å². The van der Waals surface area contributed by atoms with Crippen LogP contribution in [-0.2, 0) is 17.4 Å². The van der Waals surface area contributed by atoms with Crippen LogP contribution in [0.5, 0.6) is 0 Å². The van der Waals surface area contributed by atoms with E-state index in [0.717, 1.165) is 44.3 Å². The molecule has 3 nitrogen and oxygen atoms in total. The predicted octanol–water partition coefficient (Wildman–Crippen LogP) is 16.4. The minimum absolute atomic E-state index is 0.0659. The molecular formula is C64H54N2O. The molecule has 4 aliphatic carbocycles. The third-order valence-corrected chi connectivity index (χ3v) is 16.2. The minimum Gasteiger partial charge on any atom is -0.456 e. The van der Waals surface area contributed by atoms with Crippen LogP contribution in [0.25, 0.3) is 72.1 Å². The van der Waals surface area contributed by atoms with Gasteiger partial charge in [-0.1, -0.05) is 172 Å². The average Bonchev–Trinajstić information content (AvgIpc) is 3.98. The van der Waals surface area contributed by atoms with Gasteiger partial charge in [0, 0.05) is 32.9 Å². The Morgan fingerprint density at radius 2 is 1.03 bits per heavy atom. The normalized spacial score (nSPS) is 16.9. The van der Waals surface area contributed by atoms with Crippen molar-refractivity contribution in [2.24, 2.45) is 10.7 Å². The van der Waals surface area contributed by atoms with E-state index in [2.05, 4.69) is 146 Å². The molecule has 0 saturated heterocycles. The van der Waals surface area contributed by atoms with Crippen molar-refractivity contribution in [3.8, 4) is 44.5 Å². The first kappa shape index (κ1) is 40.1. The van der Waals surface area contributed by atoms with Gasteiger partial charge in [-0.25, -0.2) is 0 Å². The molecule has 8 aromatic carbocycles. The summed E-state index contributed by atoms with van der Waals surface area (Å²) in [4.78, 5) is 5.15. The molecule has 0 bridgehead atoms. The maximum absolute atomic E-state index is 6.89. The molecule has 67 heavy (non-hydrogen) atoms. The van der Waals surface area contributed by atoms with Gasteiger partial charge in [-0.3, -0.25) is 4.99 Å². The molecule has 9 aromatic rings. The Morgan fingerprint density at radius 1 is 0.448 bits per heavy atom. The molecule has 0 unspecified atom stereocenters. The van der Waals surface area contributed by atoms with E-state index >= 15 is 0 Å². The summed E-state index contributed by atoms with van der Waals surface area (Å²) in [5.41, 5.74) is 30.6. The number of aliphatic imine (C=N–C) groups is 1.